The van der Waals surface area contributed by atoms with E-state index in [1.807, 2.05) is 0 Å². The Morgan fingerprint density at radius 2 is 1.79 bits per heavy atom. The number of nitrogens with two attached hydrogens (primary N) is 1. The van der Waals surface area contributed by atoms with Crippen LogP contribution in [0.1, 0.15) is 11.3 Å². The Labute approximate surface area is 162 Å². The Bertz CT molecular complexity index is 1220. The van der Waals surface area contributed by atoms with Crippen molar-refractivity contribution in [2.24, 2.45) is 5.14 Å². The number of primary sulfonamides is 1. The second-order valence-corrected chi connectivity index (χ2v) is 7.63. The summed E-state index contributed by atoms with van der Waals surface area (Å²) in [6, 6.07) is 9.67. The van der Waals surface area contributed by atoms with Crippen LogP contribution >= 0.6 is 0 Å². The van der Waals surface area contributed by atoms with Gasteiger partial charge in [-0.2, -0.15) is 18.3 Å². The zero-order valence-electron chi connectivity index (χ0n) is 14.7. The Morgan fingerprint density at radius 3 is 2.38 bits per heavy atom. The lowest BCUT2D eigenvalue weighted by molar-refractivity contribution is -0.385. The number of rotatable bonds is 4. The van der Waals surface area contributed by atoms with Crippen molar-refractivity contribution >= 4 is 15.7 Å². The normalized spacial score (nSPS) is 12.2. The van der Waals surface area contributed by atoms with Gasteiger partial charge < -0.3 is 0 Å². The minimum atomic E-state index is -4.83. The topological polar surface area (TPSA) is 121 Å². The van der Waals surface area contributed by atoms with E-state index in [2.05, 4.69) is 5.10 Å². The van der Waals surface area contributed by atoms with Crippen LogP contribution in [0.4, 0.5) is 18.9 Å². The van der Waals surface area contributed by atoms with E-state index in [1.54, 1.807) is 0 Å². The maximum atomic E-state index is 13.3. The molecule has 0 amide bonds. The first kappa shape index (κ1) is 20.5. The Morgan fingerprint density at radius 1 is 1.14 bits per heavy atom. The molecule has 0 fully saturated rings. The lowest BCUT2D eigenvalue weighted by atomic mass is 10.1. The molecule has 8 nitrogen and oxygen atoms in total. The molecule has 1 aromatic heterocycles. The van der Waals surface area contributed by atoms with Gasteiger partial charge in [0.1, 0.15) is 4.90 Å². The minimum absolute atomic E-state index is 0.0505. The van der Waals surface area contributed by atoms with E-state index in [0.29, 0.717) is 11.6 Å². The fraction of sp³-hybridized carbons (Fsp3) is 0.118. The van der Waals surface area contributed by atoms with E-state index in [-0.39, 0.29) is 22.6 Å². The van der Waals surface area contributed by atoms with Crippen LogP contribution < -0.4 is 5.14 Å². The SMILES string of the molecule is Cc1ccc(-c2cc(C(F)(F)F)nn2-c2ccccc2S(N)(=O)=O)cc1[N+](=O)[O-]. The molecule has 2 N–H and O–H groups in total. The third-order valence-electron chi connectivity index (χ3n) is 4.10. The van der Waals surface area contributed by atoms with Gasteiger partial charge in [0.05, 0.1) is 16.3 Å². The summed E-state index contributed by atoms with van der Waals surface area (Å²) in [7, 11) is -4.29. The zero-order valence-corrected chi connectivity index (χ0v) is 15.5. The molecule has 2 aromatic carbocycles. The van der Waals surface area contributed by atoms with Crippen LogP contribution in [0.25, 0.3) is 16.9 Å². The molecule has 12 heteroatoms. The fourth-order valence-corrected chi connectivity index (χ4v) is 3.46. The van der Waals surface area contributed by atoms with E-state index in [9.17, 15) is 31.7 Å². The maximum absolute atomic E-state index is 13.3. The highest BCUT2D eigenvalue weighted by atomic mass is 32.2. The number of hydrogen-bond acceptors (Lipinski definition) is 5. The van der Waals surface area contributed by atoms with Gasteiger partial charge in [0.2, 0.25) is 10.0 Å². The molecule has 1 heterocycles. The molecule has 0 aliphatic carbocycles. The van der Waals surface area contributed by atoms with Crippen molar-refractivity contribution in [3.8, 4) is 16.9 Å². The van der Waals surface area contributed by atoms with Crippen molar-refractivity contribution in [2.45, 2.75) is 18.0 Å². The van der Waals surface area contributed by atoms with Gasteiger partial charge in [-0.15, -0.1) is 0 Å². The molecule has 3 aromatic rings. The van der Waals surface area contributed by atoms with E-state index >= 15 is 0 Å². The number of nitro groups is 1. The summed E-state index contributed by atoms with van der Waals surface area (Å²) >= 11 is 0. The molecule has 3 rings (SSSR count). The first-order chi connectivity index (χ1) is 13.4. The van der Waals surface area contributed by atoms with E-state index in [4.69, 9.17) is 5.14 Å². The lowest BCUT2D eigenvalue weighted by Crippen LogP contribution is -2.16. The van der Waals surface area contributed by atoms with Crippen LogP contribution in [-0.2, 0) is 16.2 Å². The highest BCUT2D eigenvalue weighted by molar-refractivity contribution is 7.89. The summed E-state index contributed by atoms with van der Waals surface area (Å²) < 4.78 is 64.4. The average Bonchev–Trinajstić information content (AvgIpc) is 3.07. The van der Waals surface area contributed by atoms with Gasteiger partial charge in [0, 0.05) is 17.2 Å². The standard InChI is InChI=1S/C17H13F3N4O4S/c1-10-6-7-11(8-13(10)24(25)26)14-9-16(17(18,19)20)22-23(14)12-4-2-3-5-15(12)29(21,27)28/h2-9H,1H3,(H2,21,27,28). The maximum Gasteiger partial charge on any atom is 0.435 e. The Kier molecular flexibility index (Phi) is 4.92. The van der Waals surface area contributed by atoms with Crippen LogP contribution in [0.2, 0.25) is 0 Å². The number of halogens is 3. The molecule has 0 spiro atoms. The summed E-state index contributed by atoms with van der Waals surface area (Å²) in [6.07, 6.45) is -4.83. The number of sulfonamides is 1. The van der Waals surface area contributed by atoms with Crippen LogP contribution in [0, 0.1) is 17.0 Å². The van der Waals surface area contributed by atoms with Crippen LogP contribution in [0.5, 0.6) is 0 Å². The number of aromatic nitrogens is 2. The summed E-state index contributed by atoms with van der Waals surface area (Å²) in [5.74, 6) is 0. The third kappa shape index (κ3) is 3.98. The first-order valence-electron chi connectivity index (χ1n) is 7.94. The van der Waals surface area contributed by atoms with Crippen molar-refractivity contribution in [1.29, 1.82) is 0 Å². The fourth-order valence-electron chi connectivity index (χ4n) is 2.75. The zero-order chi connectivity index (χ0) is 21.6. The molecular formula is C17H13F3N4O4S. The Balaban J connectivity index is 2.35. The summed E-state index contributed by atoms with van der Waals surface area (Å²) in [5.41, 5.74) is -1.64. The van der Waals surface area contributed by atoms with E-state index < -0.39 is 31.7 Å². The molecule has 0 saturated heterocycles. The van der Waals surface area contributed by atoms with E-state index in [1.165, 1.54) is 37.3 Å². The monoisotopic (exact) mass is 426 g/mol. The van der Waals surface area contributed by atoms with Crippen molar-refractivity contribution in [1.82, 2.24) is 9.78 Å². The molecule has 0 aliphatic rings. The largest absolute Gasteiger partial charge is 0.435 e. The molecule has 0 aliphatic heterocycles. The number of alkyl halides is 3. The van der Waals surface area contributed by atoms with Gasteiger partial charge in [0.25, 0.3) is 5.69 Å². The third-order valence-corrected chi connectivity index (χ3v) is 5.06. The number of hydrogen-bond donors (Lipinski definition) is 1. The summed E-state index contributed by atoms with van der Waals surface area (Å²) in [4.78, 5) is 10.1. The van der Waals surface area contributed by atoms with Gasteiger partial charge >= 0.3 is 6.18 Å². The van der Waals surface area contributed by atoms with Crippen LogP contribution in [0.3, 0.4) is 0 Å². The minimum Gasteiger partial charge on any atom is -0.258 e. The smallest absolute Gasteiger partial charge is 0.258 e. The molecule has 152 valence electrons. The van der Waals surface area contributed by atoms with Crippen molar-refractivity contribution in [3.05, 3.63) is 69.9 Å². The number of para-hydroxylation sites is 1. The Hall–Kier alpha value is -3.25. The second kappa shape index (κ2) is 6.97. The van der Waals surface area contributed by atoms with Crippen molar-refractivity contribution in [2.75, 3.05) is 0 Å². The molecule has 0 saturated carbocycles. The van der Waals surface area contributed by atoms with Crippen molar-refractivity contribution < 1.29 is 26.5 Å². The lowest BCUT2D eigenvalue weighted by Gasteiger charge is -2.12. The van der Waals surface area contributed by atoms with Crippen LogP contribution in [0.15, 0.2) is 53.4 Å². The van der Waals surface area contributed by atoms with E-state index in [0.717, 1.165) is 16.8 Å². The predicted octanol–water partition coefficient (Wildman–Crippen LogP) is 3.42. The molecule has 0 radical (unpaired) electrons. The average molecular weight is 426 g/mol. The molecule has 0 atom stereocenters. The molecule has 0 unspecified atom stereocenters. The summed E-state index contributed by atoms with van der Waals surface area (Å²) in [5, 5.41) is 19.9. The van der Waals surface area contributed by atoms with Gasteiger partial charge in [-0.3, -0.25) is 10.1 Å². The number of aryl methyl sites for hydroxylation is 1. The van der Waals surface area contributed by atoms with Gasteiger partial charge in [0.15, 0.2) is 5.69 Å². The highest BCUT2D eigenvalue weighted by Crippen LogP contribution is 2.35. The van der Waals surface area contributed by atoms with Gasteiger partial charge in [-0.05, 0) is 25.1 Å². The molecule has 29 heavy (non-hydrogen) atoms. The number of nitrogens with zero attached hydrogens (tertiary/aromatic N) is 3. The first-order valence-corrected chi connectivity index (χ1v) is 9.49. The quantitative estimate of drug-likeness (QED) is 0.506. The second-order valence-electron chi connectivity index (χ2n) is 6.10. The number of nitro benzene ring substituents is 1. The van der Waals surface area contributed by atoms with Crippen molar-refractivity contribution in [3.63, 3.8) is 0 Å². The molecule has 0 bridgehead atoms. The predicted molar refractivity (Wildman–Crippen MR) is 96.8 cm³/mol. The van der Waals surface area contributed by atoms with Gasteiger partial charge in [-0.25, -0.2) is 18.2 Å². The highest BCUT2D eigenvalue weighted by Gasteiger charge is 2.36. The van der Waals surface area contributed by atoms with Crippen LogP contribution in [-0.4, -0.2) is 23.1 Å². The van der Waals surface area contributed by atoms with Gasteiger partial charge in [-0.1, -0.05) is 24.3 Å². The number of benzene rings is 2. The summed E-state index contributed by atoms with van der Waals surface area (Å²) in [6.45, 7) is 1.48. The molecular weight excluding hydrogens is 413 g/mol.